The minimum Gasteiger partial charge on any atom is -0.388 e. The van der Waals surface area contributed by atoms with E-state index in [1.165, 1.54) is 0 Å². The first-order valence-electron chi connectivity index (χ1n) is 7.27. The molecule has 2 aromatic rings. The van der Waals surface area contributed by atoms with Crippen LogP contribution in [0.4, 0.5) is 0 Å². The van der Waals surface area contributed by atoms with Gasteiger partial charge >= 0.3 is 0 Å². The van der Waals surface area contributed by atoms with Crippen LogP contribution in [0.5, 0.6) is 0 Å². The molecule has 1 aromatic heterocycles. The van der Waals surface area contributed by atoms with Crippen LogP contribution in [0.1, 0.15) is 34.9 Å². The monoisotopic (exact) mass is 285 g/mol. The van der Waals surface area contributed by atoms with Crippen molar-refractivity contribution in [2.75, 3.05) is 13.1 Å². The topological polar surface area (TPSA) is 69.2 Å². The number of aliphatic hydroxyl groups is 1. The molecule has 1 aliphatic heterocycles. The van der Waals surface area contributed by atoms with E-state index in [0.717, 1.165) is 18.4 Å². The fourth-order valence-electron chi connectivity index (χ4n) is 2.89. The van der Waals surface area contributed by atoms with Crippen molar-refractivity contribution < 1.29 is 9.90 Å². The van der Waals surface area contributed by atoms with Gasteiger partial charge in [-0.05, 0) is 24.3 Å². The van der Waals surface area contributed by atoms with E-state index in [1.807, 2.05) is 35.2 Å². The SMILES string of the molecule is O=C(c1cn[nH]c1)N1CCC(C(O)c2ccccc2)CC1. The van der Waals surface area contributed by atoms with E-state index in [9.17, 15) is 9.90 Å². The molecule has 110 valence electrons. The predicted molar refractivity (Wildman–Crippen MR) is 78.6 cm³/mol. The Hall–Kier alpha value is -2.14. The number of aromatic amines is 1. The number of carbonyl (C=O) groups excluding carboxylic acids is 1. The molecule has 21 heavy (non-hydrogen) atoms. The maximum atomic E-state index is 12.2. The molecule has 2 heterocycles. The molecule has 1 atom stereocenters. The zero-order chi connectivity index (χ0) is 14.7. The van der Waals surface area contributed by atoms with E-state index >= 15 is 0 Å². The van der Waals surface area contributed by atoms with Crippen molar-refractivity contribution in [1.82, 2.24) is 15.1 Å². The summed E-state index contributed by atoms with van der Waals surface area (Å²) in [5, 5.41) is 16.9. The average molecular weight is 285 g/mol. The first-order chi connectivity index (χ1) is 10.3. The third kappa shape index (κ3) is 2.97. The number of aliphatic hydroxyl groups excluding tert-OH is 1. The number of piperidine rings is 1. The summed E-state index contributed by atoms with van der Waals surface area (Å²) in [6, 6.07) is 9.73. The molecule has 1 fully saturated rings. The van der Waals surface area contributed by atoms with Crippen molar-refractivity contribution in [3.63, 3.8) is 0 Å². The number of amides is 1. The van der Waals surface area contributed by atoms with E-state index in [2.05, 4.69) is 10.2 Å². The highest BCUT2D eigenvalue weighted by molar-refractivity contribution is 5.93. The summed E-state index contributed by atoms with van der Waals surface area (Å²) in [5.74, 6) is 0.220. The van der Waals surface area contributed by atoms with Crippen LogP contribution in [-0.2, 0) is 0 Å². The van der Waals surface area contributed by atoms with Crippen molar-refractivity contribution in [3.8, 4) is 0 Å². The minimum absolute atomic E-state index is 0.0106. The molecule has 5 nitrogen and oxygen atoms in total. The molecule has 1 unspecified atom stereocenters. The highest BCUT2D eigenvalue weighted by atomic mass is 16.3. The molecule has 0 bridgehead atoms. The van der Waals surface area contributed by atoms with E-state index in [-0.39, 0.29) is 11.8 Å². The van der Waals surface area contributed by atoms with Crippen LogP contribution in [-0.4, -0.2) is 39.2 Å². The summed E-state index contributed by atoms with van der Waals surface area (Å²) < 4.78 is 0. The second-order valence-corrected chi connectivity index (χ2v) is 5.47. The molecule has 0 saturated carbocycles. The minimum atomic E-state index is -0.447. The smallest absolute Gasteiger partial charge is 0.257 e. The van der Waals surface area contributed by atoms with E-state index in [0.29, 0.717) is 18.7 Å². The lowest BCUT2D eigenvalue weighted by atomic mass is 9.87. The van der Waals surface area contributed by atoms with Crippen molar-refractivity contribution in [2.45, 2.75) is 18.9 Å². The van der Waals surface area contributed by atoms with Gasteiger partial charge in [0.05, 0.1) is 17.9 Å². The highest BCUT2D eigenvalue weighted by Gasteiger charge is 2.28. The van der Waals surface area contributed by atoms with Gasteiger partial charge in [0.2, 0.25) is 0 Å². The lowest BCUT2D eigenvalue weighted by Crippen LogP contribution is -2.39. The van der Waals surface area contributed by atoms with Crippen LogP contribution in [0.2, 0.25) is 0 Å². The Balaban J connectivity index is 1.59. The quantitative estimate of drug-likeness (QED) is 0.906. The molecule has 5 heteroatoms. The first-order valence-corrected chi connectivity index (χ1v) is 7.27. The number of carbonyl (C=O) groups is 1. The van der Waals surface area contributed by atoms with E-state index in [1.54, 1.807) is 12.4 Å². The molecule has 0 aliphatic carbocycles. The van der Waals surface area contributed by atoms with Gasteiger partial charge in [0.1, 0.15) is 0 Å². The molecule has 0 radical (unpaired) electrons. The molecular weight excluding hydrogens is 266 g/mol. The molecule has 1 amide bonds. The molecule has 1 aliphatic rings. The molecular formula is C16H19N3O2. The van der Waals surface area contributed by atoms with Crippen LogP contribution in [0, 0.1) is 5.92 Å². The molecule has 1 aromatic carbocycles. The number of nitrogens with zero attached hydrogens (tertiary/aromatic N) is 2. The molecule has 3 rings (SSSR count). The van der Waals surface area contributed by atoms with Crippen molar-refractivity contribution >= 4 is 5.91 Å². The second-order valence-electron chi connectivity index (χ2n) is 5.47. The van der Waals surface area contributed by atoms with Gasteiger partial charge in [-0.2, -0.15) is 5.10 Å². The van der Waals surface area contributed by atoms with Gasteiger partial charge in [-0.15, -0.1) is 0 Å². The second kappa shape index (κ2) is 6.10. The number of aromatic nitrogens is 2. The normalized spacial score (nSPS) is 17.7. The fraction of sp³-hybridized carbons (Fsp3) is 0.375. The zero-order valence-corrected chi connectivity index (χ0v) is 11.8. The zero-order valence-electron chi connectivity index (χ0n) is 11.8. The summed E-state index contributed by atoms with van der Waals surface area (Å²) in [6.07, 6.45) is 4.36. The Morgan fingerprint density at radius 3 is 2.62 bits per heavy atom. The molecule has 1 saturated heterocycles. The number of benzene rings is 1. The Kier molecular flexibility index (Phi) is 4.01. The van der Waals surface area contributed by atoms with Gasteiger partial charge < -0.3 is 10.0 Å². The highest BCUT2D eigenvalue weighted by Crippen LogP contribution is 2.30. The van der Waals surface area contributed by atoms with Crippen molar-refractivity contribution in [3.05, 3.63) is 53.9 Å². The Morgan fingerprint density at radius 1 is 1.29 bits per heavy atom. The third-order valence-corrected chi connectivity index (χ3v) is 4.16. The van der Waals surface area contributed by atoms with Crippen LogP contribution in [0.15, 0.2) is 42.7 Å². The molecule has 0 spiro atoms. The Labute approximate surface area is 123 Å². The van der Waals surface area contributed by atoms with Crippen LogP contribution in [0.3, 0.4) is 0 Å². The maximum Gasteiger partial charge on any atom is 0.257 e. The van der Waals surface area contributed by atoms with Gasteiger partial charge in [0.25, 0.3) is 5.91 Å². The number of rotatable bonds is 3. The van der Waals surface area contributed by atoms with Gasteiger partial charge in [-0.3, -0.25) is 9.89 Å². The van der Waals surface area contributed by atoms with Gasteiger partial charge in [-0.1, -0.05) is 30.3 Å². The molecule has 2 N–H and O–H groups in total. The van der Waals surface area contributed by atoms with E-state index < -0.39 is 6.10 Å². The number of hydrogen-bond donors (Lipinski definition) is 2. The van der Waals surface area contributed by atoms with Crippen molar-refractivity contribution in [1.29, 1.82) is 0 Å². The van der Waals surface area contributed by atoms with Crippen molar-refractivity contribution in [2.24, 2.45) is 5.92 Å². The summed E-state index contributed by atoms with van der Waals surface area (Å²) in [5.41, 5.74) is 1.55. The summed E-state index contributed by atoms with van der Waals surface area (Å²) >= 11 is 0. The van der Waals surface area contributed by atoms with E-state index in [4.69, 9.17) is 0 Å². The Morgan fingerprint density at radius 2 is 2.00 bits per heavy atom. The maximum absolute atomic E-state index is 12.2. The summed E-state index contributed by atoms with van der Waals surface area (Å²) in [7, 11) is 0. The third-order valence-electron chi connectivity index (χ3n) is 4.16. The fourth-order valence-corrected chi connectivity index (χ4v) is 2.89. The number of likely N-dealkylation sites (tertiary alicyclic amines) is 1. The number of nitrogens with one attached hydrogen (secondary N) is 1. The largest absolute Gasteiger partial charge is 0.388 e. The lowest BCUT2D eigenvalue weighted by Gasteiger charge is -2.34. The lowest BCUT2D eigenvalue weighted by molar-refractivity contribution is 0.0462. The first kappa shape index (κ1) is 13.8. The Bertz CT molecular complexity index is 575. The summed E-state index contributed by atoms with van der Waals surface area (Å²) in [4.78, 5) is 14.0. The van der Waals surface area contributed by atoms with Gasteiger partial charge in [-0.25, -0.2) is 0 Å². The number of hydrogen-bond acceptors (Lipinski definition) is 3. The van der Waals surface area contributed by atoms with Gasteiger partial charge in [0, 0.05) is 19.3 Å². The van der Waals surface area contributed by atoms with Crippen LogP contribution >= 0.6 is 0 Å². The van der Waals surface area contributed by atoms with Gasteiger partial charge in [0.15, 0.2) is 0 Å². The van der Waals surface area contributed by atoms with Crippen LogP contribution in [0.25, 0.3) is 0 Å². The summed E-state index contributed by atoms with van der Waals surface area (Å²) in [6.45, 7) is 1.36. The predicted octanol–water partition coefficient (Wildman–Crippen LogP) is 2.00. The number of H-pyrrole nitrogens is 1. The van der Waals surface area contributed by atoms with Crippen LogP contribution < -0.4 is 0 Å². The standard InChI is InChI=1S/C16H19N3O2/c20-15(12-4-2-1-3-5-12)13-6-8-19(9-7-13)16(21)14-10-17-18-11-14/h1-5,10-11,13,15,20H,6-9H2,(H,17,18). The average Bonchev–Trinajstić information content (AvgIpc) is 3.09.